The van der Waals surface area contributed by atoms with Gasteiger partial charge in [-0.05, 0) is 34.6 Å². The molecule has 8 heteroatoms. The summed E-state index contributed by atoms with van der Waals surface area (Å²) >= 11 is 0. The molecule has 2 unspecified atom stereocenters. The minimum Gasteiger partial charge on any atom is -0.479 e. The van der Waals surface area contributed by atoms with Crippen LogP contribution in [-0.2, 0) is 19.1 Å². The first-order valence-corrected chi connectivity index (χ1v) is 12.0. The standard InChI is InChI=1S/C27H32N2O6/c1-18(11-12-24(30)29-14-13-27(17-29,34-2)25(31)32)15-28-26(33)35-16-23-21-9-5-3-7-19(21)20-8-4-6-10-22(20)23/h3-10,18,23H,11-17H2,1-2H3,(H,28,33)(H,31,32). The van der Waals surface area contributed by atoms with Gasteiger partial charge in [0.2, 0.25) is 5.91 Å². The highest BCUT2D eigenvalue weighted by molar-refractivity contribution is 5.82. The lowest BCUT2D eigenvalue weighted by Crippen LogP contribution is -2.44. The van der Waals surface area contributed by atoms with Gasteiger partial charge in [-0.2, -0.15) is 0 Å². The Balaban J connectivity index is 1.21. The molecule has 8 nitrogen and oxygen atoms in total. The van der Waals surface area contributed by atoms with Crippen LogP contribution in [0.25, 0.3) is 11.1 Å². The number of likely N-dealkylation sites (tertiary alicyclic amines) is 1. The number of carbonyl (C=O) groups is 3. The second kappa shape index (κ2) is 10.5. The molecule has 2 aromatic rings. The summed E-state index contributed by atoms with van der Waals surface area (Å²) in [6.07, 6.45) is 0.665. The van der Waals surface area contributed by atoms with Gasteiger partial charge in [0.1, 0.15) is 6.61 Å². The fourth-order valence-corrected chi connectivity index (χ4v) is 4.96. The molecule has 1 aliphatic carbocycles. The predicted octanol–water partition coefficient (Wildman–Crippen LogP) is 3.64. The molecule has 0 bridgehead atoms. The van der Waals surface area contributed by atoms with E-state index in [1.165, 1.54) is 18.2 Å². The number of alkyl carbamates (subject to hydrolysis) is 1. The average molecular weight is 481 g/mol. The van der Waals surface area contributed by atoms with Gasteiger partial charge in [-0.15, -0.1) is 0 Å². The maximum atomic E-state index is 12.5. The molecule has 2 amide bonds. The van der Waals surface area contributed by atoms with Gasteiger partial charge in [-0.1, -0.05) is 55.5 Å². The Morgan fingerprint density at radius 3 is 2.31 bits per heavy atom. The Labute approximate surface area is 205 Å². The van der Waals surface area contributed by atoms with E-state index >= 15 is 0 Å². The third kappa shape index (κ3) is 5.17. The molecule has 1 aliphatic heterocycles. The van der Waals surface area contributed by atoms with E-state index in [1.54, 1.807) is 4.90 Å². The SMILES string of the molecule is COC1(C(=O)O)CCN(C(=O)CCC(C)CNC(=O)OCC2c3ccccc3-c3ccccc32)C1. The smallest absolute Gasteiger partial charge is 0.407 e. The number of methoxy groups -OCH3 is 1. The van der Waals surface area contributed by atoms with Crippen LogP contribution in [0.3, 0.4) is 0 Å². The zero-order valence-electron chi connectivity index (χ0n) is 20.2. The number of carboxylic acids is 1. The Bertz CT molecular complexity index is 1060. The van der Waals surface area contributed by atoms with E-state index in [-0.39, 0.29) is 43.7 Å². The highest BCUT2D eigenvalue weighted by Gasteiger charge is 2.46. The summed E-state index contributed by atoms with van der Waals surface area (Å²) < 4.78 is 10.7. The number of amides is 2. The number of rotatable bonds is 9. The molecule has 35 heavy (non-hydrogen) atoms. The van der Waals surface area contributed by atoms with Crippen LogP contribution in [0.2, 0.25) is 0 Å². The molecule has 0 saturated carbocycles. The molecule has 0 spiro atoms. The van der Waals surface area contributed by atoms with Crippen LogP contribution in [0, 0.1) is 5.92 Å². The van der Waals surface area contributed by atoms with Crippen molar-refractivity contribution in [2.45, 2.75) is 37.7 Å². The summed E-state index contributed by atoms with van der Waals surface area (Å²) in [6, 6.07) is 16.4. The minimum absolute atomic E-state index is 0.00804. The highest BCUT2D eigenvalue weighted by Crippen LogP contribution is 2.44. The summed E-state index contributed by atoms with van der Waals surface area (Å²) in [6.45, 7) is 3.03. The molecule has 1 saturated heterocycles. The number of nitrogens with zero attached hydrogens (tertiary/aromatic N) is 1. The molecule has 0 radical (unpaired) electrons. The molecule has 2 atom stereocenters. The Morgan fingerprint density at radius 1 is 1.11 bits per heavy atom. The number of ether oxygens (including phenoxy) is 2. The molecule has 2 aromatic carbocycles. The Kier molecular flexibility index (Phi) is 7.40. The van der Waals surface area contributed by atoms with Crippen molar-refractivity contribution in [3.8, 4) is 11.1 Å². The van der Waals surface area contributed by atoms with Crippen LogP contribution < -0.4 is 5.32 Å². The van der Waals surface area contributed by atoms with E-state index in [0.29, 0.717) is 19.5 Å². The highest BCUT2D eigenvalue weighted by atomic mass is 16.5. The molecule has 186 valence electrons. The lowest BCUT2D eigenvalue weighted by Gasteiger charge is -2.23. The third-order valence-corrected chi connectivity index (χ3v) is 7.15. The number of hydrogen-bond acceptors (Lipinski definition) is 5. The molecule has 4 rings (SSSR count). The van der Waals surface area contributed by atoms with Gasteiger partial charge in [-0.25, -0.2) is 9.59 Å². The second-order valence-corrected chi connectivity index (χ2v) is 9.42. The summed E-state index contributed by atoms with van der Waals surface area (Å²) in [5.41, 5.74) is 3.37. The normalized spacial score (nSPS) is 19.7. The molecule has 2 N–H and O–H groups in total. The van der Waals surface area contributed by atoms with Crippen molar-refractivity contribution in [2.75, 3.05) is 33.4 Å². The molecule has 0 aromatic heterocycles. The Morgan fingerprint density at radius 2 is 1.74 bits per heavy atom. The van der Waals surface area contributed by atoms with Crippen molar-refractivity contribution in [1.29, 1.82) is 0 Å². The van der Waals surface area contributed by atoms with Crippen LogP contribution >= 0.6 is 0 Å². The fraction of sp³-hybridized carbons (Fsp3) is 0.444. The van der Waals surface area contributed by atoms with Crippen molar-refractivity contribution in [3.63, 3.8) is 0 Å². The van der Waals surface area contributed by atoms with Gasteiger partial charge in [-0.3, -0.25) is 4.79 Å². The van der Waals surface area contributed by atoms with Gasteiger partial charge >= 0.3 is 12.1 Å². The Hall–Kier alpha value is -3.39. The van der Waals surface area contributed by atoms with Crippen LogP contribution in [0.15, 0.2) is 48.5 Å². The van der Waals surface area contributed by atoms with E-state index in [2.05, 4.69) is 29.6 Å². The van der Waals surface area contributed by atoms with Crippen molar-refractivity contribution in [1.82, 2.24) is 10.2 Å². The van der Waals surface area contributed by atoms with Crippen molar-refractivity contribution in [2.24, 2.45) is 5.92 Å². The molecule has 2 aliphatic rings. The third-order valence-electron chi connectivity index (χ3n) is 7.15. The van der Waals surface area contributed by atoms with Gasteiger partial charge in [0, 0.05) is 39.0 Å². The maximum absolute atomic E-state index is 12.5. The van der Waals surface area contributed by atoms with Crippen molar-refractivity contribution < 1.29 is 29.0 Å². The van der Waals surface area contributed by atoms with Crippen LogP contribution in [0.4, 0.5) is 4.79 Å². The van der Waals surface area contributed by atoms with E-state index in [0.717, 1.165) is 11.1 Å². The quantitative estimate of drug-likeness (QED) is 0.568. The molecular weight excluding hydrogens is 448 g/mol. The number of nitrogens with one attached hydrogen (secondary N) is 1. The number of carboxylic acid groups (broad SMARTS) is 1. The van der Waals surface area contributed by atoms with Crippen LogP contribution in [0.1, 0.15) is 43.2 Å². The zero-order chi connectivity index (χ0) is 25.0. The summed E-state index contributed by atoms with van der Waals surface area (Å²) in [4.78, 5) is 37.9. The van der Waals surface area contributed by atoms with E-state index in [4.69, 9.17) is 9.47 Å². The number of hydrogen-bond donors (Lipinski definition) is 2. The molecule has 1 heterocycles. The predicted molar refractivity (Wildman–Crippen MR) is 130 cm³/mol. The topological polar surface area (TPSA) is 105 Å². The van der Waals surface area contributed by atoms with Crippen molar-refractivity contribution >= 4 is 18.0 Å². The first kappa shape index (κ1) is 24.7. The fourth-order valence-electron chi connectivity index (χ4n) is 4.96. The van der Waals surface area contributed by atoms with Gasteiger partial charge < -0.3 is 24.8 Å². The van der Waals surface area contributed by atoms with E-state index in [9.17, 15) is 19.5 Å². The van der Waals surface area contributed by atoms with E-state index in [1.807, 2.05) is 31.2 Å². The van der Waals surface area contributed by atoms with Crippen LogP contribution in [-0.4, -0.2) is 66.9 Å². The summed E-state index contributed by atoms with van der Waals surface area (Å²) in [5, 5.41) is 12.2. The first-order chi connectivity index (χ1) is 16.8. The molecular formula is C27H32N2O6. The molecule has 1 fully saturated rings. The monoisotopic (exact) mass is 480 g/mol. The maximum Gasteiger partial charge on any atom is 0.407 e. The minimum atomic E-state index is -1.31. The van der Waals surface area contributed by atoms with Gasteiger partial charge in [0.15, 0.2) is 5.60 Å². The van der Waals surface area contributed by atoms with Crippen molar-refractivity contribution in [3.05, 3.63) is 59.7 Å². The lowest BCUT2D eigenvalue weighted by atomic mass is 9.98. The number of carbonyl (C=O) groups excluding carboxylic acids is 2. The number of fused-ring (bicyclic) bond motifs is 3. The van der Waals surface area contributed by atoms with Gasteiger partial charge in [0.05, 0.1) is 6.54 Å². The van der Waals surface area contributed by atoms with Crippen LogP contribution in [0.5, 0.6) is 0 Å². The summed E-state index contributed by atoms with van der Waals surface area (Å²) in [5.74, 6) is -1.07. The first-order valence-electron chi connectivity index (χ1n) is 12.0. The van der Waals surface area contributed by atoms with Gasteiger partial charge in [0.25, 0.3) is 0 Å². The number of benzene rings is 2. The zero-order valence-corrected chi connectivity index (χ0v) is 20.2. The largest absolute Gasteiger partial charge is 0.479 e. The lowest BCUT2D eigenvalue weighted by molar-refractivity contribution is -0.161. The number of aliphatic carboxylic acids is 1. The van der Waals surface area contributed by atoms with E-state index < -0.39 is 17.7 Å². The average Bonchev–Trinajstić information content (AvgIpc) is 3.46. The second-order valence-electron chi connectivity index (χ2n) is 9.42. The summed E-state index contributed by atoms with van der Waals surface area (Å²) in [7, 11) is 1.36.